The summed E-state index contributed by atoms with van der Waals surface area (Å²) in [6.45, 7) is 0. The minimum Gasteiger partial charge on any atom is -0.479 e. The molecule has 0 spiro atoms. The zero-order valence-corrected chi connectivity index (χ0v) is 13.8. The van der Waals surface area contributed by atoms with E-state index in [0.29, 0.717) is 15.7 Å². The van der Waals surface area contributed by atoms with Crippen molar-refractivity contribution < 1.29 is 29.5 Å². The lowest BCUT2D eigenvalue weighted by molar-refractivity contribution is -0.316. The minimum absolute atomic E-state index is 0.365. The Morgan fingerprint density at radius 3 is 2.20 bits per heavy atom. The van der Waals surface area contributed by atoms with Gasteiger partial charge in [-0.15, -0.1) is 0 Å². The smallest absolute Gasteiger partial charge is 0.338 e. The summed E-state index contributed by atoms with van der Waals surface area (Å²) in [5, 5.41) is 25.2. The number of hydrogen-bond acceptors (Lipinski definition) is 7. The molecule has 3 unspecified atom stereocenters. The molecule has 11 heteroatoms. The van der Waals surface area contributed by atoms with Gasteiger partial charge in [0.05, 0.1) is 21.9 Å². The predicted molar refractivity (Wildman–Crippen MR) is 87.2 cm³/mol. The second kappa shape index (κ2) is 6.98. The number of anilines is 1. The third-order valence-electron chi connectivity index (χ3n) is 3.38. The first-order chi connectivity index (χ1) is 11.9. The van der Waals surface area contributed by atoms with Crippen molar-refractivity contribution in [3.8, 4) is 0 Å². The highest BCUT2D eigenvalue weighted by Crippen LogP contribution is 2.29. The molecule has 0 aromatic heterocycles. The summed E-state index contributed by atoms with van der Waals surface area (Å²) in [4.78, 5) is 32.2. The third kappa shape index (κ3) is 3.60. The average molecular weight is 388 g/mol. The molecule has 0 amide bonds. The molecule has 25 heavy (non-hydrogen) atoms. The van der Waals surface area contributed by atoms with Gasteiger partial charge in [-0.05, 0) is 24.3 Å². The summed E-state index contributed by atoms with van der Waals surface area (Å²) < 4.78 is 0. The van der Waals surface area contributed by atoms with Crippen LogP contribution in [0.15, 0.2) is 35.6 Å². The molecule has 0 saturated carbocycles. The van der Waals surface area contributed by atoms with E-state index in [-0.39, 0.29) is 0 Å². The van der Waals surface area contributed by atoms with Gasteiger partial charge in [-0.3, -0.25) is 9.68 Å². The van der Waals surface area contributed by atoms with Crippen molar-refractivity contribution in [2.75, 3.05) is 5.01 Å². The molecule has 1 aromatic carbocycles. The first-order valence-corrected chi connectivity index (χ1v) is 7.67. The minimum atomic E-state index is -1.65. The van der Waals surface area contributed by atoms with Gasteiger partial charge >= 0.3 is 11.9 Å². The van der Waals surface area contributed by atoms with Crippen LogP contribution in [0.1, 0.15) is 0 Å². The van der Waals surface area contributed by atoms with Gasteiger partial charge in [-0.1, -0.05) is 28.4 Å². The maximum atomic E-state index is 11.1. The van der Waals surface area contributed by atoms with Crippen molar-refractivity contribution in [3.63, 3.8) is 0 Å². The van der Waals surface area contributed by atoms with Crippen LogP contribution in [0.25, 0.3) is 0 Å². The SMILES string of the molecule is O=C(O)C1ON(C2C=CN(c3ccc(Cl)c(Cl)c3)N=C2)OC1C(=O)O. The number of rotatable bonds is 4. The van der Waals surface area contributed by atoms with E-state index in [4.69, 9.17) is 43.1 Å². The first kappa shape index (κ1) is 17.6. The first-order valence-electron chi connectivity index (χ1n) is 6.92. The Kier molecular flexibility index (Phi) is 4.93. The van der Waals surface area contributed by atoms with Crippen molar-refractivity contribution in [3.05, 3.63) is 40.5 Å². The van der Waals surface area contributed by atoms with E-state index >= 15 is 0 Å². The van der Waals surface area contributed by atoms with Gasteiger partial charge in [-0.2, -0.15) is 5.10 Å². The normalized spacial score (nSPS) is 26.2. The van der Waals surface area contributed by atoms with Crippen LogP contribution in [0.2, 0.25) is 10.0 Å². The molecule has 2 heterocycles. The zero-order chi connectivity index (χ0) is 18.1. The van der Waals surface area contributed by atoms with Gasteiger partial charge in [0, 0.05) is 6.20 Å². The summed E-state index contributed by atoms with van der Waals surface area (Å²) in [5.74, 6) is -2.88. The number of aliphatic carboxylic acids is 2. The highest BCUT2D eigenvalue weighted by molar-refractivity contribution is 6.42. The van der Waals surface area contributed by atoms with Gasteiger partial charge < -0.3 is 10.2 Å². The molecular weight excluding hydrogens is 377 g/mol. The van der Waals surface area contributed by atoms with Crippen molar-refractivity contribution in [1.29, 1.82) is 0 Å². The molecule has 132 valence electrons. The van der Waals surface area contributed by atoms with Crippen molar-refractivity contribution in [1.82, 2.24) is 5.23 Å². The molecule has 0 bridgehead atoms. The van der Waals surface area contributed by atoms with Crippen molar-refractivity contribution in [2.45, 2.75) is 18.2 Å². The molecule has 2 aliphatic rings. The lowest BCUT2D eigenvalue weighted by Gasteiger charge is -2.24. The van der Waals surface area contributed by atoms with Crippen LogP contribution in [-0.2, 0) is 19.3 Å². The Balaban J connectivity index is 1.71. The summed E-state index contributed by atoms with van der Waals surface area (Å²) >= 11 is 11.8. The second-order valence-corrected chi connectivity index (χ2v) is 5.87. The van der Waals surface area contributed by atoms with E-state index < -0.39 is 30.2 Å². The number of nitrogens with zero attached hydrogens (tertiary/aromatic N) is 3. The summed E-state index contributed by atoms with van der Waals surface area (Å²) in [6, 6.07) is 4.25. The fourth-order valence-electron chi connectivity index (χ4n) is 2.15. The number of carboxylic acid groups (broad SMARTS) is 2. The summed E-state index contributed by atoms with van der Waals surface area (Å²) in [7, 11) is 0. The molecule has 1 aromatic rings. The van der Waals surface area contributed by atoms with Gasteiger partial charge in [0.1, 0.15) is 6.04 Å². The Bertz CT molecular complexity index is 735. The highest BCUT2D eigenvalue weighted by Gasteiger charge is 2.47. The third-order valence-corrected chi connectivity index (χ3v) is 4.12. The highest BCUT2D eigenvalue weighted by atomic mass is 35.5. The maximum absolute atomic E-state index is 11.1. The molecule has 3 rings (SSSR count). The molecule has 2 N–H and O–H groups in total. The van der Waals surface area contributed by atoms with Crippen LogP contribution in [0.3, 0.4) is 0 Å². The molecule has 1 saturated heterocycles. The number of halogens is 2. The van der Waals surface area contributed by atoms with E-state index in [0.717, 1.165) is 5.23 Å². The van der Waals surface area contributed by atoms with Crippen LogP contribution in [0.4, 0.5) is 5.69 Å². The summed E-state index contributed by atoms with van der Waals surface area (Å²) in [6.07, 6.45) is 1.25. The van der Waals surface area contributed by atoms with Crippen LogP contribution in [-0.4, -0.2) is 51.8 Å². The number of hydrogen-bond donors (Lipinski definition) is 2. The molecule has 0 aliphatic carbocycles. The largest absolute Gasteiger partial charge is 0.479 e. The second-order valence-electron chi connectivity index (χ2n) is 5.05. The van der Waals surface area contributed by atoms with Crippen LogP contribution in [0.5, 0.6) is 0 Å². The fraction of sp³-hybridized carbons (Fsp3) is 0.214. The van der Waals surface area contributed by atoms with Gasteiger partial charge in [0.15, 0.2) is 0 Å². The summed E-state index contributed by atoms with van der Waals surface area (Å²) in [5.41, 5.74) is 0.649. The maximum Gasteiger partial charge on any atom is 0.338 e. The van der Waals surface area contributed by atoms with Crippen LogP contribution >= 0.6 is 23.2 Å². The van der Waals surface area contributed by atoms with Gasteiger partial charge in [0.25, 0.3) is 0 Å². The predicted octanol–water partition coefficient (Wildman–Crippen LogP) is 1.77. The standard InChI is InChI=1S/C14H11Cl2N3O6/c15-9-2-1-7(5-10(9)16)18-4-3-8(6-17-18)19-24-11(13(20)21)12(25-19)14(22)23/h1-6,8,11-12H,(H,20,21)(H,22,23). The molecule has 9 nitrogen and oxygen atoms in total. The lowest BCUT2D eigenvalue weighted by Crippen LogP contribution is -2.36. The molecule has 3 atom stereocenters. The number of carboxylic acids is 2. The van der Waals surface area contributed by atoms with Crippen LogP contribution in [0, 0.1) is 0 Å². The van der Waals surface area contributed by atoms with Crippen LogP contribution < -0.4 is 5.01 Å². The Hall–Kier alpha value is -2.17. The Labute approximate surface area is 151 Å². The van der Waals surface area contributed by atoms with E-state index in [1.165, 1.54) is 11.2 Å². The molecule has 0 radical (unpaired) electrons. The van der Waals surface area contributed by atoms with E-state index in [1.54, 1.807) is 30.5 Å². The van der Waals surface area contributed by atoms with E-state index in [9.17, 15) is 9.59 Å². The Morgan fingerprint density at radius 1 is 1.08 bits per heavy atom. The quantitative estimate of drug-likeness (QED) is 0.803. The number of hydroxylamine groups is 2. The monoisotopic (exact) mass is 387 g/mol. The number of carbonyl (C=O) groups is 2. The number of benzene rings is 1. The van der Waals surface area contributed by atoms with Crippen molar-refractivity contribution in [2.24, 2.45) is 5.10 Å². The molecular formula is C14H11Cl2N3O6. The number of hydrazone groups is 1. The average Bonchev–Trinajstić information content (AvgIpc) is 3.03. The molecule has 2 aliphatic heterocycles. The molecule has 1 fully saturated rings. The Morgan fingerprint density at radius 2 is 1.72 bits per heavy atom. The lowest BCUT2D eigenvalue weighted by atomic mass is 10.2. The van der Waals surface area contributed by atoms with Crippen molar-refractivity contribution >= 4 is 47.0 Å². The topological polar surface area (TPSA) is 112 Å². The van der Waals surface area contributed by atoms with E-state index in [1.807, 2.05) is 0 Å². The van der Waals surface area contributed by atoms with Gasteiger partial charge in [-0.25, -0.2) is 14.6 Å². The van der Waals surface area contributed by atoms with E-state index in [2.05, 4.69) is 5.10 Å². The fourth-order valence-corrected chi connectivity index (χ4v) is 2.44. The van der Waals surface area contributed by atoms with Gasteiger partial charge in [0.2, 0.25) is 12.2 Å². The zero-order valence-electron chi connectivity index (χ0n) is 12.3.